The molecule has 9 nitrogen and oxygen atoms in total. The number of carboxylic acids is 1. The van der Waals surface area contributed by atoms with Gasteiger partial charge in [-0.1, -0.05) is 0 Å². The Morgan fingerprint density at radius 1 is 1.39 bits per heavy atom. The van der Waals surface area contributed by atoms with Crippen molar-refractivity contribution in [3.63, 3.8) is 0 Å². The highest BCUT2D eigenvalue weighted by molar-refractivity contribution is 7.18. The number of alkyl halides is 3. The van der Waals surface area contributed by atoms with E-state index < -0.39 is 18.2 Å². The molecule has 4 heterocycles. The third-order valence-electron chi connectivity index (χ3n) is 5.11. The van der Waals surface area contributed by atoms with E-state index >= 15 is 0 Å². The van der Waals surface area contributed by atoms with Crippen molar-refractivity contribution < 1.29 is 33.0 Å². The fourth-order valence-corrected chi connectivity index (χ4v) is 4.62. The van der Waals surface area contributed by atoms with Gasteiger partial charge in [0, 0.05) is 13.1 Å². The molecule has 1 amide bonds. The minimum Gasteiger partial charge on any atom is -0.475 e. The van der Waals surface area contributed by atoms with Crippen LogP contribution in [0.5, 0.6) is 0 Å². The van der Waals surface area contributed by atoms with Gasteiger partial charge in [-0.2, -0.15) is 18.4 Å². The number of rotatable bonds is 3. The zero-order valence-electron chi connectivity index (χ0n) is 17.4. The van der Waals surface area contributed by atoms with Crippen molar-refractivity contribution in [3.8, 4) is 6.07 Å². The molecule has 0 saturated carbocycles. The molecule has 3 aromatic heterocycles. The Morgan fingerprint density at radius 3 is 2.70 bits per heavy atom. The Morgan fingerprint density at radius 2 is 2.09 bits per heavy atom. The number of carbonyl (C=O) groups is 2. The number of pyridine rings is 1. The van der Waals surface area contributed by atoms with Crippen LogP contribution in [-0.4, -0.2) is 60.8 Å². The molecule has 1 unspecified atom stereocenters. The quantitative estimate of drug-likeness (QED) is 0.583. The second-order valence-electron chi connectivity index (χ2n) is 7.42. The summed E-state index contributed by atoms with van der Waals surface area (Å²) in [5, 5.41) is 28.2. The molecular formula is C20H20F3N5O4S. The van der Waals surface area contributed by atoms with Crippen LogP contribution in [-0.2, 0) is 9.59 Å². The number of carbonyl (C=O) groups excluding carboxylic acids is 1. The summed E-state index contributed by atoms with van der Waals surface area (Å²) in [6.07, 6.45) is -2.40. The van der Waals surface area contributed by atoms with Crippen LogP contribution in [0.1, 0.15) is 44.2 Å². The topological polar surface area (TPSA) is 132 Å². The second-order valence-corrected chi connectivity index (χ2v) is 8.33. The summed E-state index contributed by atoms with van der Waals surface area (Å²) in [5.74, 6) is -2.29. The van der Waals surface area contributed by atoms with Crippen LogP contribution >= 0.6 is 11.3 Å². The molecule has 1 fully saturated rings. The van der Waals surface area contributed by atoms with Crippen LogP contribution in [0.3, 0.4) is 0 Å². The van der Waals surface area contributed by atoms with Crippen molar-refractivity contribution in [1.82, 2.24) is 19.4 Å². The number of carboxylic acid groups (broad SMARTS) is 1. The van der Waals surface area contributed by atoms with Crippen LogP contribution < -0.4 is 0 Å². The van der Waals surface area contributed by atoms with Crippen molar-refractivity contribution in [2.45, 2.75) is 44.5 Å². The molecule has 13 heteroatoms. The third kappa shape index (κ3) is 5.23. The van der Waals surface area contributed by atoms with Crippen molar-refractivity contribution in [3.05, 3.63) is 23.5 Å². The van der Waals surface area contributed by atoms with E-state index in [0.29, 0.717) is 18.9 Å². The molecule has 0 aliphatic carbocycles. The normalized spacial score (nSPS) is 17.3. The molecular weight excluding hydrogens is 463 g/mol. The van der Waals surface area contributed by atoms with Gasteiger partial charge in [0.1, 0.15) is 23.9 Å². The van der Waals surface area contributed by atoms with Gasteiger partial charge in [0.15, 0.2) is 0 Å². The van der Waals surface area contributed by atoms with Crippen LogP contribution in [0, 0.1) is 11.3 Å². The van der Waals surface area contributed by atoms with E-state index in [2.05, 4.69) is 14.5 Å². The van der Waals surface area contributed by atoms with Gasteiger partial charge in [0.2, 0.25) is 5.91 Å². The summed E-state index contributed by atoms with van der Waals surface area (Å²) in [5.41, 5.74) is 2.64. The van der Waals surface area contributed by atoms with E-state index in [9.17, 15) is 23.1 Å². The number of aromatic nitrogens is 3. The number of aliphatic hydroxyl groups is 1. The Balaban J connectivity index is 0.000000383. The van der Waals surface area contributed by atoms with Gasteiger partial charge in [-0.05, 0) is 31.2 Å². The number of amides is 1. The zero-order valence-corrected chi connectivity index (χ0v) is 18.2. The first-order valence-corrected chi connectivity index (χ1v) is 10.8. The second kappa shape index (κ2) is 9.72. The average Bonchev–Trinajstić information content (AvgIpc) is 3.38. The molecule has 0 aromatic carbocycles. The molecule has 3 aromatic rings. The minimum atomic E-state index is -5.08. The average molecular weight is 483 g/mol. The number of aliphatic carboxylic acids is 1. The predicted octanol–water partition coefficient (Wildman–Crippen LogP) is 3.41. The van der Waals surface area contributed by atoms with Crippen molar-refractivity contribution in [2.75, 3.05) is 13.1 Å². The Hall–Kier alpha value is -3.24. The maximum absolute atomic E-state index is 12.2. The number of aliphatic hydroxyl groups excluding tert-OH is 1. The lowest BCUT2D eigenvalue weighted by atomic mass is 10.0. The van der Waals surface area contributed by atoms with E-state index in [0.717, 1.165) is 34.1 Å². The number of nitrogens with zero attached hydrogens (tertiary/aromatic N) is 5. The lowest BCUT2D eigenvalue weighted by Crippen LogP contribution is -2.40. The lowest BCUT2D eigenvalue weighted by molar-refractivity contribution is -0.192. The molecule has 33 heavy (non-hydrogen) atoms. The number of halogens is 3. The maximum atomic E-state index is 12.2. The van der Waals surface area contributed by atoms with Crippen LogP contribution in [0.4, 0.5) is 13.2 Å². The molecule has 4 rings (SSSR count). The van der Waals surface area contributed by atoms with Crippen LogP contribution in [0.15, 0.2) is 17.6 Å². The first-order valence-electron chi connectivity index (χ1n) is 9.91. The SMILES string of the molecule is CC(O)c1nc2cnc3ccsc3c2n1[C@H]1CCCN(C(=O)CC#N)C1.O=C(O)C(F)(F)F. The van der Waals surface area contributed by atoms with E-state index in [1.165, 1.54) is 0 Å². The Bertz CT molecular complexity index is 1210. The minimum absolute atomic E-state index is 0.0219. The van der Waals surface area contributed by atoms with E-state index in [4.69, 9.17) is 15.2 Å². The molecule has 0 bridgehead atoms. The number of hydrogen-bond donors (Lipinski definition) is 2. The summed E-state index contributed by atoms with van der Waals surface area (Å²) in [7, 11) is 0. The molecule has 1 aliphatic rings. The smallest absolute Gasteiger partial charge is 0.475 e. The van der Waals surface area contributed by atoms with E-state index in [-0.39, 0.29) is 18.4 Å². The fraction of sp³-hybridized carbons (Fsp3) is 0.450. The van der Waals surface area contributed by atoms with Gasteiger partial charge < -0.3 is 19.7 Å². The summed E-state index contributed by atoms with van der Waals surface area (Å²) < 4.78 is 34.9. The summed E-state index contributed by atoms with van der Waals surface area (Å²) in [4.78, 5) is 31.9. The van der Waals surface area contributed by atoms with Gasteiger partial charge in [0.25, 0.3) is 0 Å². The maximum Gasteiger partial charge on any atom is 0.490 e. The van der Waals surface area contributed by atoms with Crippen LogP contribution in [0.25, 0.3) is 21.3 Å². The predicted molar refractivity (Wildman–Crippen MR) is 112 cm³/mol. The van der Waals surface area contributed by atoms with Crippen LogP contribution in [0.2, 0.25) is 0 Å². The molecule has 2 atom stereocenters. The highest BCUT2D eigenvalue weighted by Gasteiger charge is 2.38. The van der Waals surface area contributed by atoms with Gasteiger partial charge >= 0.3 is 12.1 Å². The molecule has 1 aliphatic heterocycles. The largest absolute Gasteiger partial charge is 0.490 e. The summed E-state index contributed by atoms with van der Waals surface area (Å²) in [6, 6.07) is 3.93. The highest BCUT2D eigenvalue weighted by atomic mass is 32.1. The summed E-state index contributed by atoms with van der Waals surface area (Å²) in [6.45, 7) is 2.91. The zero-order chi connectivity index (χ0) is 24.3. The fourth-order valence-electron chi connectivity index (χ4n) is 3.73. The number of piperidine rings is 1. The lowest BCUT2D eigenvalue weighted by Gasteiger charge is -2.34. The van der Waals surface area contributed by atoms with Crippen molar-refractivity contribution in [2.24, 2.45) is 0 Å². The molecule has 0 spiro atoms. The van der Waals surface area contributed by atoms with E-state index in [1.807, 2.05) is 17.5 Å². The third-order valence-corrected chi connectivity index (χ3v) is 6.02. The summed E-state index contributed by atoms with van der Waals surface area (Å²) >= 11 is 1.61. The van der Waals surface area contributed by atoms with Gasteiger partial charge in [-0.3, -0.25) is 9.78 Å². The molecule has 1 saturated heterocycles. The van der Waals surface area contributed by atoms with Crippen molar-refractivity contribution >= 4 is 44.5 Å². The number of hydrogen-bond acceptors (Lipinski definition) is 7. The first-order chi connectivity index (χ1) is 15.5. The number of fused-ring (bicyclic) bond motifs is 3. The number of thiophene rings is 1. The Labute approximate surface area is 189 Å². The first kappa shape index (κ1) is 24.4. The molecule has 0 radical (unpaired) electrons. The Kier molecular flexibility index (Phi) is 7.19. The van der Waals surface area contributed by atoms with E-state index in [1.54, 1.807) is 29.4 Å². The highest BCUT2D eigenvalue weighted by Crippen LogP contribution is 2.35. The number of imidazole rings is 1. The van der Waals surface area contributed by atoms with Gasteiger partial charge in [0.05, 0.1) is 34.0 Å². The van der Waals surface area contributed by atoms with Gasteiger partial charge in [-0.15, -0.1) is 11.3 Å². The standard InChI is InChI=1S/C18H19N5O2S.C2HF3O2/c1-11(24)18-21-14-9-20-13-5-8-26-17(13)16(14)23(18)12-3-2-7-22(10-12)15(25)4-6-19;3-2(4,5)1(6)7/h5,8-9,11-12,24H,2-4,7,10H2,1H3;(H,6,7)/t11?,12-;/m0./s1. The van der Waals surface area contributed by atoms with Gasteiger partial charge in [-0.25, -0.2) is 9.78 Å². The molecule has 176 valence electrons. The van der Waals surface area contributed by atoms with Crippen molar-refractivity contribution in [1.29, 1.82) is 5.26 Å². The number of nitriles is 1. The number of likely N-dealkylation sites (tertiary alicyclic amines) is 1. The molecule has 2 N–H and O–H groups in total. The monoisotopic (exact) mass is 483 g/mol.